The molecule has 0 saturated heterocycles. The lowest BCUT2D eigenvalue weighted by atomic mass is 9.97. The van der Waals surface area contributed by atoms with Crippen molar-refractivity contribution in [2.75, 3.05) is 0 Å². The van der Waals surface area contributed by atoms with E-state index in [2.05, 4.69) is 6.92 Å². The summed E-state index contributed by atoms with van der Waals surface area (Å²) in [6.45, 7) is 2.06. The summed E-state index contributed by atoms with van der Waals surface area (Å²) >= 11 is 0. The maximum atomic E-state index is 13.9. The Hall–Kier alpha value is -3.20. The number of hydrogen-bond acceptors (Lipinski definition) is 1. The van der Waals surface area contributed by atoms with Crippen molar-refractivity contribution in [2.45, 2.75) is 12.8 Å². The van der Waals surface area contributed by atoms with Crippen molar-refractivity contribution >= 4 is 16.8 Å². The average molecular weight is 343 g/mol. The number of nitrogens with zero attached hydrogens (tertiary/aromatic N) is 1. The zero-order valence-corrected chi connectivity index (χ0v) is 14.4. The summed E-state index contributed by atoms with van der Waals surface area (Å²) in [5, 5.41) is 0.855. The molecular weight excluding hydrogens is 325 g/mol. The third-order valence-electron chi connectivity index (χ3n) is 4.76. The van der Waals surface area contributed by atoms with Gasteiger partial charge < -0.3 is 0 Å². The van der Waals surface area contributed by atoms with Gasteiger partial charge in [0.15, 0.2) is 0 Å². The highest BCUT2D eigenvalue weighted by Gasteiger charge is 2.21. The minimum absolute atomic E-state index is 0.000626. The zero-order chi connectivity index (χ0) is 18.1. The van der Waals surface area contributed by atoms with Crippen molar-refractivity contribution in [1.82, 2.24) is 4.57 Å². The molecule has 2 nitrogen and oxygen atoms in total. The predicted molar refractivity (Wildman–Crippen MR) is 102 cm³/mol. The minimum Gasteiger partial charge on any atom is -0.279 e. The molecule has 0 aliphatic carbocycles. The van der Waals surface area contributed by atoms with Gasteiger partial charge in [0.2, 0.25) is 0 Å². The van der Waals surface area contributed by atoms with E-state index in [1.165, 1.54) is 12.1 Å². The highest BCUT2D eigenvalue weighted by molar-refractivity contribution is 6.03. The van der Waals surface area contributed by atoms with Gasteiger partial charge in [-0.3, -0.25) is 9.36 Å². The molecule has 3 aromatic carbocycles. The van der Waals surface area contributed by atoms with Crippen LogP contribution in [-0.4, -0.2) is 10.5 Å². The second-order valence-electron chi connectivity index (χ2n) is 6.41. The van der Waals surface area contributed by atoms with Crippen LogP contribution in [0.2, 0.25) is 0 Å². The van der Waals surface area contributed by atoms with Crippen LogP contribution in [0.3, 0.4) is 0 Å². The first-order valence-electron chi connectivity index (χ1n) is 8.61. The second-order valence-corrected chi connectivity index (χ2v) is 6.41. The van der Waals surface area contributed by atoms with Gasteiger partial charge in [-0.2, -0.15) is 0 Å². The minimum atomic E-state index is -0.350. The fourth-order valence-corrected chi connectivity index (χ4v) is 3.36. The van der Waals surface area contributed by atoms with Gasteiger partial charge in [0.1, 0.15) is 5.82 Å². The van der Waals surface area contributed by atoms with E-state index in [4.69, 9.17) is 0 Å². The number of carbonyl (C=O) groups is 1. The maximum absolute atomic E-state index is 13.9. The molecular formula is C23H18FNO. The molecule has 0 N–H and O–H groups in total. The highest BCUT2D eigenvalue weighted by Crippen LogP contribution is 2.31. The van der Waals surface area contributed by atoms with Gasteiger partial charge in [0.25, 0.3) is 5.91 Å². The van der Waals surface area contributed by atoms with E-state index in [0.29, 0.717) is 11.1 Å². The van der Waals surface area contributed by atoms with E-state index in [9.17, 15) is 9.18 Å². The Morgan fingerprint density at radius 3 is 2.23 bits per heavy atom. The van der Waals surface area contributed by atoms with E-state index in [1.807, 2.05) is 54.6 Å². The molecule has 1 atom stereocenters. The summed E-state index contributed by atoms with van der Waals surface area (Å²) in [5.41, 5.74) is 3.14. The first-order chi connectivity index (χ1) is 12.6. The number of rotatable bonds is 3. The largest absolute Gasteiger partial charge is 0.279 e. The van der Waals surface area contributed by atoms with E-state index < -0.39 is 0 Å². The molecule has 0 bridgehead atoms. The Morgan fingerprint density at radius 2 is 1.54 bits per heavy atom. The first kappa shape index (κ1) is 16.3. The van der Waals surface area contributed by atoms with Crippen LogP contribution < -0.4 is 0 Å². The lowest BCUT2D eigenvalue weighted by Crippen LogP contribution is -2.16. The van der Waals surface area contributed by atoms with Gasteiger partial charge in [-0.15, -0.1) is 0 Å². The van der Waals surface area contributed by atoms with Crippen molar-refractivity contribution < 1.29 is 9.18 Å². The predicted octanol–water partition coefficient (Wildman–Crippen LogP) is 5.62. The molecule has 1 heterocycles. The van der Waals surface area contributed by atoms with Gasteiger partial charge in [-0.05, 0) is 42.0 Å². The number of aromatic nitrogens is 1. The van der Waals surface area contributed by atoms with Crippen LogP contribution in [0.1, 0.15) is 34.5 Å². The fourth-order valence-electron chi connectivity index (χ4n) is 3.36. The van der Waals surface area contributed by atoms with Gasteiger partial charge in [-0.25, -0.2) is 4.39 Å². The summed E-state index contributed by atoms with van der Waals surface area (Å²) in [4.78, 5) is 13.2. The molecule has 3 heteroatoms. The van der Waals surface area contributed by atoms with Crippen LogP contribution in [0.5, 0.6) is 0 Å². The van der Waals surface area contributed by atoms with E-state index in [1.54, 1.807) is 22.8 Å². The van der Waals surface area contributed by atoms with Crippen LogP contribution >= 0.6 is 0 Å². The molecule has 128 valence electrons. The second kappa shape index (κ2) is 6.60. The molecule has 0 aliphatic heterocycles. The Kier molecular flexibility index (Phi) is 4.13. The van der Waals surface area contributed by atoms with Gasteiger partial charge >= 0.3 is 0 Å². The Balaban J connectivity index is 1.94. The standard InChI is InChI=1S/C23H18FNO/c1-16(17-8-4-2-5-9-17)21-14-19-12-13-20(24)15-22(19)25(21)23(26)18-10-6-3-7-11-18/h2-16H,1H3. The lowest BCUT2D eigenvalue weighted by Gasteiger charge is -2.16. The SMILES string of the molecule is CC(c1ccccc1)c1cc2ccc(F)cc2n1C(=O)c1ccccc1. The zero-order valence-electron chi connectivity index (χ0n) is 14.4. The molecule has 26 heavy (non-hydrogen) atoms. The molecule has 1 unspecified atom stereocenters. The normalized spacial score (nSPS) is 12.2. The quantitative estimate of drug-likeness (QED) is 0.473. The van der Waals surface area contributed by atoms with Crippen molar-refractivity contribution in [3.63, 3.8) is 0 Å². The van der Waals surface area contributed by atoms with Crippen molar-refractivity contribution in [1.29, 1.82) is 0 Å². The molecule has 0 spiro atoms. The third-order valence-corrected chi connectivity index (χ3v) is 4.76. The van der Waals surface area contributed by atoms with E-state index in [-0.39, 0.29) is 17.6 Å². The first-order valence-corrected chi connectivity index (χ1v) is 8.61. The topological polar surface area (TPSA) is 22.0 Å². The third kappa shape index (κ3) is 2.82. The average Bonchev–Trinajstić information content (AvgIpc) is 3.06. The monoisotopic (exact) mass is 343 g/mol. The smallest absolute Gasteiger partial charge is 0.262 e. The van der Waals surface area contributed by atoms with Crippen LogP contribution in [0, 0.1) is 5.82 Å². The highest BCUT2D eigenvalue weighted by atomic mass is 19.1. The summed E-state index contributed by atoms with van der Waals surface area (Å²) in [6.07, 6.45) is 0. The number of fused-ring (bicyclic) bond motifs is 1. The van der Waals surface area contributed by atoms with Gasteiger partial charge in [0.05, 0.1) is 5.52 Å². The van der Waals surface area contributed by atoms with Crippen LogP contribution in [-0.2, 0) is 0 Å². The summed E-state index contributed by atoms with van der Waals surface area (Å²) < 4.78 is 15.5. The molecule has 0 fully saturated rings. The number of halogens is 1. The van der Waals surface area contributed by atoms with E-state index in [0.717, 1.165) is 16.6 Å². The van der Waals surface area contributed by atoms with Crippen molar-refractivity contribution in [3.05, 3.63) is 108 Å². The van der Waals surface area contributed by atoms with Crippen LogP contribution in [0.4, 0.5) is 4.39 Å². The molecule has 4 aromatic rings. The fraction of sp³-hybridized carbons (Fsp3) is 0.0870. The molecule has 4 rings (SSSR count). The Morgan fingerprint density at radius 1 is 0.885 bits per heavy atom. The maximum Gasteiger partial charge on any atom is 0.262 e. The summed E-state index contributed by atoms with van der Waals surface area (Å²) in [7, 11) is 0. The summed E-state index contributed by atoms with van der Waals surface area (Å²) in [5.74, 6) is -0.500. The molecule has 1 aromatic heterocycles. The Bertz CT molecular complexity index is 1070. The molecule has 0 radical (unpaired) electrons. The lowest BCUT2D eigenvalue weighted by molar-refractivity contribution is 0.0961. The van der Waals surface area contributed by atoms with Crippen molar-refractivity contribution in [3.8, 4) is 0 Å². The van der Waals surface area contributed by atoms with E-state index >= 15 is 0 Å². The van der Waals surface area contributed by atoms with Crippen LogP contribution in [0.15, 0.2) is 84.9 Å². The number of carbonyl (C=O) groups excluding carboxylic acids is 1. The van der Waals surface area contributed by atoms with Gasteiger partial charge in [0, 0.05) is 22.6 Å². The van der Waals surface area contributed by atoms with Crippen molar-refractivity contribution in [2.24, 2.45) is 0 Å². The summed E-state index contributed by atoms with van der Waals surface area (Å²) in [6, 6.07) is 25.7. The van der Waals surface area contributed by atoms with Crippen LogP contribution in [0.25, 0.3) is 10.9 Å². The number of benzene rings is 3. The van der Waals surface area contributed by atoms with Gasteiger partial charge in [-0.1, -0.05) is 55.5 Å². The Labute approximate surface area is 151 Å². The molecule has 0 aliphatic rings. The molecule has 0 saturated carbocycles. The molecule has 0 amide bonds. The number of hydrogen-bond donors (Lipinski definition) is 0.